The van der Waals surface area contributed by atoms with Crippen LogP contribution in [-0.4, -0.2) is 70.0 Å². The predicted octanol–water partition coefficient (Wildman–Crippen LogP) is 17.4. The van der Waals surface area contributed by atoms with E-state index in [4.69, 9.17) is 18.5 Å². The number of phosphoric acid groups is 1. The minimum absolute atomic E-state index is 0.0303. The van der Waals surface area contributed by atoms with Crippen molar-refractivity contribution in [3.8, 4) is 0 Å². The van der Waals surface area contributed by atoms with Crippen LogP contribution < -0.4 is 4.89 Å². The molecule has 0 heterocycles. The lowest BCUT2D eigenvalue weighted by Gasteiger charge is -2.28. The molecule has 0 bridgehead atoms. The zero-order valence-corrected chi connectivity index (χ0v) is 46.9. The molecule has 0 amide bonds. The Hall–Kier alpha value is -1.77. The Morgan fingerprint density at radius 3 is 1.22 bits per heavy atom. The molecular formula is C59H112NO8P. The Balaban J connectivity index is 3.89. The Labute approximate surface area is 427 Å². The van der Waals surface area contributed by atoms with Gasteiger partial charge in [-0.15, -0.1) is 0 Å². The summed E-state index contributed by atoms with van der Waals surface area (Å²) in [7, 11) is 1.17. The van der Waals surface area contributed by atoms with Gasteiger partial charge in [0.05, 0.1) is 27.7 Å². The molecule has 69 heavy (non-hydrogen) atoms. The number of carbonyl (C=O) groups is 2. The highest BCUT2D eigenvalue weighted by molar-refractivity contribution is 7.45. The zero-order valence-electron chi connectivity index (χ0n) is 46.0. The maximum Gasteiger partial charge on any atom is 0.306 e. The third-order valence-corrected chi connectivity index (χ3v) is 13.8. The number of nitrogens with zero attached hydrogens (tertiary/aromatic N) is 1. The van der Waals surface area contributed by atoms with Crippen LogP contribution in [0.2, 0.25) is 0 Å². The number of phosphoric ester groups is 1. The van der Waals surface area contributed by atoms with E-state index >= 15 is 0 Å². The molecule has 0 spiro atoms. The van der Waals surface area contributed by atoms with E-state index in [1.54, 1.807) is 0 Å². The van der Waals surface area contributed by atoms with E-state index in [9.17, 15) is 19.0 Å². The van der Waals surface area contributed by atoms with Gasteiger partial charge in [-0.25, -0.2) is 0 Å². The van der Waals surface area contributed by atoms with E-state index in [0.717, 1.165) is 64.2 Å². The van der Waals surface area contributed by atoms with Crippen LogP contribution in [0, 0.1) is 0 Å². The number of hydrogen-bond donors (Lipinski definition) is 0. The normalized spacial score (nSPS) is 13.5. The highest BCUT2D eigenvalue weighted by Crippen LogP contribution is 2.38. The van der Waals surface area contributed by atoms with Crippen LogP contribution in [0.25, 0.3) is 0 Å². The molecule has 0 N–H and O–H groups in total. The first-order chi connectivity index (χ1) is 33.5. The second-order valence-electron chi connectivity index (χ2n) is 21.0. The fourth-order valence-electron chi connectivity index (χ4n) is 8.34. The summed E-state index contributed by atoms with van der Waals surface area (Å²) >= 11 is 0. The molecule has 0 aliphatic carbocycles. The molecule has 0 aromatic carbocycles. The molecule has 0 aromatic heterocycles. The molecule has 406 valence electrons. The largest absolute Gasteiger partial charge is 0.756 e. The standard InChI is InChI=1S/C59H112NO8P/c1-6-8-10-12-14-16-18-19-20-21-22-23-24-25-26-27-28-29-30-31-32-33-34-35-36-37-38-39-40-41-42-44-46-48-50-52-59(62)68-57(56-67-69(63,64)66-54-53-60(3,4)5)55-65-58(61)51-49-47-45-43-17-15-13-11-9-7-2/h11,13,18-19,21-22,57H,6-10,12,14-17,20,23-56H2,1-5H3/b13-11-,19-18-,22-21-. The van der Waals surface area contributed by atoms with Crippen LogP contribution in [-0.2, 0) is 32.7 Å². The molecule has 0 saturated carbocycles. The molecule has 0 aliphatic heterocycles. The van der Waals surface area contributed by atoms with Crippen molar-refractivity contribution in [1.82, 2.24) is 0 Å². The van der Waals surface area contributed by atoms with Crippen LogP contribution in [0.15, 0.2) is 36.5 Å². The predicted molar refractivity (Wildman–Crippen MR) is 291 cm³/mol. The molecule has 0 saturated heterocycles. The second-order valence-corrected chi connectivity index (χ2v) is 22.4. The fraction of sp³-hybridized carbons (Fsp3) is 0.864. The second kappa shape index (κ2) is 51.1. The third kappa shape index (κ3) is 55.4. The van der Waals surface area contributed by atoms with E-state index < -0.39 is 32.5 Å². The van der Waals surface area contributed by atoms with Crippen molar-refractivity contribution in [3.63, 3.8) is 0 Å². The molecule has 10 heteroatoms. The van der Waals surface area contributed by atoms with Gasteiger partial charge in [-0.2, -0.15) is 0 Å². The molecular weight excluding hydrogens is 882 g/mol. The van der Waals surface area contributed by atoms with Gasteiger partial charge in [-0.3, -0.25) is 14.2 Å². The SMILES string of the molecule is CCC/C=C\CCCCCCCC(=O)OCC(COP(=O)([O-])OCC[N+](C)(C)C)OC(=O)CCCCCCCCCCCCCCCCCCCCCCCCC/C=C\C/C=C\CCCCCCC. The van der Waals surface area contributed by atoms with Crippen molar-refractivity contribution >= 4 is 19.8 Å². The van der Waals surface area contributed by atoms with Gasteiger partial charge in [0.15, 0.2) is 6.10 Å². The summed E-state index contributed by atoms with van der Waals surface area (Å²) in [5.74, 6) is -0.836. The van der Waals surface area contributed by atoms with Gasteiger partial charge in [0.2, 0.25) is 0 Å². The Bertz CT molecular complexity index is 1260. The zero-order chi connectivity index (χ0) is 50.6. The lowest BCUT2D eigenvalue weighted by molar-refractivity contribution is -0.870. The van der Waals surface area contributed by atoms with Crippen molar-refractivity contribution in [2.24, 2.45) is 0 Å². The molecule has 0 rings (SSSR count). The van der Waals surface area contributed by atoms with Gasteiger partial charge in [0.1, 0.15) is 19.8 Å². The van der Waals surface area contributed by atoms with E-state index in [1.165, 1.54) is 180 Å². The summed E-state index contributed by atoms with van der Waals surface area (Å²) in [5.41, 5.74) is 0. The molecule has 0 aromatic rings. The first kappa shape index (κ1) is 67.2. The van der Waals surface area contributed by atoms with Gasteiger partial charge in [0.25, 0.3) is 7.82 Å². The van der Waals surface area contributed by atoms with E-state index in [0.29, 0.717) is 17.4 Å². The number of esters is 2. The van der Waals surface area contributed by atoms with E-state index in [-0.39, 0.29) is 26.1 Å². The number of unbranched alkanes of at least 4 members (excludes halogenated alkanes) is 34. The van der Waals surface area contributed by atoms with Crippen molar-refractivity contribution < 1.29 is 42.1 Å². The quantitative estimate of drug-likeness (QED) is 0.0195. The maximum atomic E-state index is 12.7. The summed E-state index contributed by atoms with van der Waals surface area (Å²) in [6, 6.07) is 0. The minimum Gasteiger partial charge on any atom is -0.756 e. The van der Waals surface area contributed by atoms with Crippen LogP contribution in [0.4, 0.5) is 0 Å². The molecule has 0 fully saturated rings. The Morgan fingerprint density at radius 1 is 0.449 bits per heavy atom. The first-order valence-electron chi connectivity index (χ1n) is 29.2. The van der Waals surface area contributed by atoms with Crippen molar-refractivity contribution in [3.05, 3.63) is 36.5 Å². The van der Waals surface area contributed by atoms with Gasteiger partial charge in [0, 0.05) is 12.8 Å². The molecule has 0 radical (unpaired) electrons. The number of allylic oxidation sites excluding steroid dienone is 6. The summed E-state index contributed by atoms with van der Waals surface area (Å²) in [6.45, 7) is 4.18. The van der Waals surface area contributed by atoms with E-state index in [2.05, 4.69) is 50.3 Å². The smallest absolute Gasteiger partial charge is 0.306 e. The maximum absolute atomic E-state index is 12.7. The number of carbonyl (C=O) groups excluding carboxylic acids is 2. The lowest BCUT2D eigenvalue weighted by atomic mass is 10.0. The number of rotatable bonds is 54. The molecule has 2 unspecified atom stereocenters. The number of likely N-dealkylation sites (N-methyl/N-ethyl adjacent to an activating group) is 1. The van der Waals surface area contributed by atoms with Gasteiger partial charge < -0.3 is 27.9 Å². The molecule has 9 nitrogen and oxygen atoms in total. The van der Waals surface area contributed by atoms with Crippen LogP contribution in [0.1, 0.15) is 277 Å². The molecule has 2 atom stereocenters. The highest BCUT2D eigenvalue weighted by atomic mass is 31.2. The topological polar surface area (TPSA) is 111 Å². The van der Waals surface area contributed by atoms with Gasteiger partial charge in [-0.05, 0) is 64.2 Å². The number of hydrogen-bond acceptors (Lipinski definition) is 8. The molecule has 0 aliphatic rings. The summed E-state index contributed by atoms with van der Waals surface area (Å²) < 4.78 is 34.0. The van der Waals surface area contributed by atoms with Crippen LogP contribution >= 0.6 is 7.82 Å². The number of ether oxygens (including phenoxy) is 2. The van der Waals surface area contributed by atoms with Gasteiger partial charge >= 0.3 is 11.9 Å². The lowest BCUT2D eigenvalue weighted by Crippen LogP contribution is -2.37. The van der Waals surface area contributed by atoms with Crippen molar-refractivity contribution in [1.29, 1.82) is 0 Å². The van der Waals surface area contributed by atoms with Crippen molar-refractivity contribution in [2.45, 2.75) is 283 Å². The fourth-order valence-corrected chi connectivity index (χ4v) is 9.07. The summed E-state index contributed by atoms with van der Waals surface area (Å²) in [4.78, 5) is 37.6. The Kier molecular flexibility index (Phi) is 49.8. The van der Waals surface area contributed by atoms with Crippen LogP contribution in [0.5, 0.6) is 0 Å². The highest BCUT2D eigenvalue weighted by Gasteiger charge is 2.22. The average molecular weight is 995 g/mol. The first-order valence-corrected chi connectivity index (χ1v) is 30.7. The van der Waals surface area contributed by atoms with E-state index in [1.807, 2.05) is 21.1 Å². The minimum atomic E-state index is -4.63. The van der Waals surface area contributed by atoms with Crippen molar-refractivity contribution in [2.75, 3.05) is 47.5 Å². The van der Waals surface area contributed by atoms with Gasteiger partial charge in [-0.1, -0.05) is 237 Å². The Morgan fingerprint density at radius 2 is 0.812 bits per heavy atom. The summed E-state index contributed by atoms with van der Waals surface area (Å²) in [5, 5.41) is 0. The monoisotopic (exact) mass is 994 g/mol. The third-order valence-electron chi connectivity index (χ3n) is 12.9. The average Bonchev–Trinajstić information content (AvgIpc) is 3.31. The summed E-state index contributed by atoms with van der Waals surface area (Å²) in [6.07, 6.45) is 62.3. The number of quaternary nitrogens is 1. The van der Waals surface area contributed by atoms with Crippen LogP contribution in [0.3, 0.4) is 0 Å².